The van der Waals surface area contributed by atoms with E-state index in [1.54, 1.807) is 0 Å². The van der Waals surface area contributed by atoms with E-state index in [1.807, 2.05) is 6.92 Å². The molecule has 0 fully saturated rings. The Labute approximate surface area is 92.1 Å². The maximum Gasteiger partial charge on any atom is 0.325 e. The zero-order valence-corrected chi connectivity index (χ0v) is 8.84. The van der Waals surface area contributed by atoms with Crippen LogP contribution in [0.2, 0.25) is 0 Å². The summed E-state index contributed by atoms with van der Waals surface area (Å²) in [6.07, 6.45) is 0.738. The van der Waals surface area contributed by atoms with Crippen molar-refractivity contribution in [2.24, 2.45) is 0 Å². The van der Waals surface area contributed by atoms with E-state index < -0.39 is 23.6 Å². The normalized spacial score (nSPS) is 12.4. The van der Waals surface area contributed by atoms with E-state index in [2.05, 4.69) is 5.32 Å². The molecule has 0 aromatic heterocycles. The lowest BCUT2D eigenvalue weighted by atomic mass is 10.1. The Balaban J connectivity index is 2.96. The molecule has 0 spiro atoms. The molecule has 5 heteroatoms. The van der Waals surface area contributed by atoms with Gasteiger partial charge in [-0.05, 0) is 30.7 Å². The van der Waals surface area contributed by atoms with E-state index in [0.717, 1.165) is 18.6 Å². The molecule has 1 atom stereocenters. The third kappa shape index (κ3) is 3.27. The van der Waals surface area contributed by atoms with Crippen LogP contribution in [0.5, 0.6) is 0 Å². The molecule has 2 N–H and O–H groups in total. The number of aliphatic carboxylic acids is 1. The average Bonchev–Trinajstić information content (AvgIpc) is 2.16. The van der Waals surface area contributed by atoms with Crippen molar-refractivity contribution in [3.63, 3.8) is 0 Å². The molecule has 1 rings (SSSR count). The fourth-order valence-electron chi connectivity index (χ4n) is 1.38. The minimum absolute atomic E-state index is 0.0819. The van der Waals surface area contributed by atoms with Gasteiger partial charge in [-0.3, -0.25) is 4.79 Å². The highest BCUT2D eigenvalue weighted by atomic mass is 19.1. The van der Waals surface area contributed by atoms with Crippen LogP contribution in [0.3, 0.4) is 0 Å². The van der Waals surface area contributed by atoms with Crippen LogP contribution in [-0.4, -0.2) is 17.6 Å². The maximum absolute atomic E-state index is 12.9. The number of hydrogen-bond acceptors (Lipinski definition) is 2. The van der Waals surface area contributed by atoms with Gasteiger partial charge in [0.1, 0.15) is 17.7 Å². The van der Waals surface area contributed by atoms with Gasteiger partial charge in [-0.15, -0.1) is 0 Å². The van der Waals surface area contributed by atoms with E-state index in [0.29, 0.717) is 12.6 Å². The first-order chi connectivity index (χ1) is 7.54. The fraction of sp³-hybridized carbons (Fsp3) is 0.364. The zero-order chi connectivity index (χ0) is 12.1. The summed E-state index contributed by atoms with van der Waals surface area (Å²) in [5.41, 5.74) is 0.0819. The van der Waals surface area contributed by atoms with Crippen LogP contribution in [0.1, 0.15) is 24.9 Å². The smallest absolute Gasteiger partial charge is 0.325 e. The second kappa shape index (κ2) is 5.55. The van der Waals surface area contributed by atoms with Gasteiger partial charge in [0.25, 0.3) is 0 Å². The molecule has 1 aromatic carbocycles. The molecular formula is C11H13F2NO2. The number of carboxylic acids is 1. The SMILES string of the molecule is CCCNC(C(=O)O)c1cc(F)cc(F)c1. The highest BCUT2D eigenvalue weighted by Crippen LogP contribution is 2.16. The Hall–Kier alpha value is -1.49. The van der Waals surface area contributed by atoms with Crippen LogP contribution < -0.4 is 5.32 Å². The Morgan fingerprint density at radius 2 is 1.94 bits per heavy atom. The van der Waals surface area contributed by atoms with Crippen LogP contribution in [0, 0.1) is 11.6 Å². The van der Waals surface area contributed by atoms with E-state index in [4.69, 9.17) is 5.11 Å². The molecule has 0 radical (unpaired) electrons. The largest absolute Gasteiger partial charge is 0.480 e. The predicted octanol–water partition coefficient (Wildman–Crippen LogP) is 2.09. The predicted molar refractivity (Wildman–Crippen MR) is 55.0 cm³/mol. The summed E-state index contributed by atoms with van der Waals surface area (Å²) < 4.78 is 25.8. The third-order valence-electron chi connectivity index (χ3n) is 2.06. The fourth-order valence-corrected chi connectivity index (χ4v) is 1.38. The van der Waals surface area contributed by atoms with Crippen molar-refractivity contribution >= 4 is 5.97 Å². The molecular weight excluding hydrogens is 216 g/mol. The molecule has 3 nitrogen and oxygen atoms in total. The number of halogens is 2. The van der Waals surface area contributed by atoms with Crippen LogP contribution in [-0.2, 0) is 4.79 Å². The van der Waals surface area contributed by atoms with E-state index in [9.17, 15) is 13.6 Å². The molecule has 16 heavy (non-hydrogen) atoms. The Morgan fingerprint density at radius 1 is 1.38 bits per heavy atom. The van der Waals surface area contributed by atoms with E-state index in [1.165, 1.54) is 0 Å². The standard InChI is InChI=1S/C11H13F2NO2/c1-2-3-14-10(11(15)16)7-4-8(12)6-9(13)5-7/h4-6,10,14H,2-3H2,1H3,(H,15,16). The number of hydrogen-bond donors (Lipinski definition) is 2. The Kier molecular flexibility index (Phi) is 4.37. The van der Waals surface area contributed by atoms with Crippen molar-refractivity contribution in [2.45, 2.75) is 19.4 Å². The van der Waals surface area contributed by atoms with Crippen molar-refractivity contribution in [3.05, 3.63) is 35.4 Å². The number of carboxylic acid groups (broad SMARTS) is 1. The molecule has 0 bridgehead atoms. The van der Waals surface area contributed by atoms with Gasteiger partial charge < -0.3 is 10.4 Å². The maximum atomic E-state index is 12.9. The molecule has 0 saturated carbocycles. The highest BCUT2D eigenvalue weighted by molar-refractivity contribution is 5.75. The lowest BCUT2D eigenvalue weighted by molar-refractivity contribution is -0.139. The first-order valence-electron chi connectivity index (χ1n) is 4.96. The molecule has 0 saturated heterocycles. The quantitative estimate of drug-likeness (QED) is 0.812. The van der Waals surface area contributed by atoms with Gasteiger partial charge in [0, 0.05) is 6.07 Å². The number of nitrogens with one attached hydrogen (secondary N) is 1. The highest BCUT2D eigenvalue weighted by Gasteiger charge is 2.19. The second-order valence-corrected chi connectivity index (χ2v) is 3.43. The van der Waals surface area contributed by atoms with Crippen molar-refractivity contribution in [2.75, 3.05) is 6.54 Å². The van der Waals surface area contributed by atoms with Gasteiger partial charge in [0.2, 0.25) is 0 Å². The molecule has 0 aliphatic rings. The van der Waals surface area contributed by atoms with Crippen LogP contribution in [0.15, 0.2) is 18.2 Å². The van der Waals surface area contributed by atoms with Gasteiger partial charge >= 0.3 is 5.97 Å². The third-order valence-corrected chi connectivity index (χ3v) is 2.06. The Morgan fingerprint density at radius 3 is 2.38 bits per heavy atom. The molecule has 88 valence electrons. The van der Waals surface area contributed by atoms with Gasteiger partial charge in [-0.25, -0.2) is 8.78 Å². The van der Waals surface area contributed by atoms with Crippen LogP contribution >= 0.6 is 0 Å². The molecule has 1 aromatic rings. The van der Waals surface area contributed by atoms with Crippen molar-refractivity contribution in [1.82, 2.24) is 5.32 Å². The summed E-state index contributed by atoms with van der Waals surface area (Å²) in [5.74, 6) is -2.71. The molecule has 1 unspecified atom stereocenters. The summed E-state index contributed by atoms with van der Waals surface area (Å²) in [5, 5.41) is 11.6. The summed E-state index contributed by atoms with van der Waals surface area (Å²) in [6.45, 7) is 2.34. The lowest BCUT2D eigenvalue weighted by Crippen LogP contribution is -2.29. The minimum atomic E-state index is -1.15. The first kappa shape index (κ1) is 12.6. The van der Waals surface area contributed by atoms with Crippen LogP contribution in [0.25, 0.3) is 0 Å². The number of benzene rings is 1. The van der Waals surface area contributed by atoms with Crippen LogP contribution in [0.4, 0.5) is 8.78 Å². The van der Waals surface area contributed by atoms with Crippen molar-refractivity contribution in [1.29, 1.82) is 0 Å². The summed E-state index contributed by atoms with van der Waals surface area (Å²) in [7, 11) is 0. The number of carbonyl (C=O) groups is 1. The summed E-state index contributed by atoms with van der Waals surface area (Å²) in [4.78, 5) is 10.9. The minimum Gasteiger partial charge on any atom is -0.480 e. The van der Waals surface area contributed by atoms with Gasteiger partial charge in [0.05, 0.1) is 0 Å². The van der Waals surface area contributed by atoms with E-state index in [-0.39, 0.29) is 5.56 Å². The monoisotopic (exact) mass is 229 g/mol. The van der Waals surface area contributed by atoms with Gasteiger partial charge in [0.15, 0.2) is 0 Å². The average molecular weight is 229 g/mol. The Bertz CT molecular complexity index is 362. The molecule has 0 amide bonds. The number of rotatable bonds is 5. The zero-order valence-electron chi connectivity index (χ0n) is 8.84. The topological polar surface area (TPSA) is 49.3 Å². The summed E-state index contributed by atoms with van der Waals surface area (Å²) >= 11 is 0. The van der Waals surface area contributed by atoms with Gasteiger partial charge in [-0.2, -0.15) is 0 Å². The second-order valence-electron chi connectivity index (χ2n) is 3.43. The van der Waals surface area contributed by atoms with Gasteiger partial charge in [-0.1, -0.05) is 6.92 Å². The summed E-state index contributed by atoms with van der Waals surface area (Å²) in [6, 6.07) is 1.67. The van der Waals surface area contributed by atoms with E-state index >= 15 is 0 Å². The first-order valence-corrected chi connectivity index (χ1v) is 4.96. The molecule has 0 heterocycles. The lowest BCUT2D eigenvalue weighted by Gasteiger charge is -2.14. The van der Waals surface area contributed by atoms with Crippen molar-refractivity contribution in [3.8, 4) is 0 Å². The molecule has 0 aliphatic carbocycles. The molecule has 0 aliphatic heterocycles. The van der Waals surface area contributed by atoms with Crippen molar-refractivity contribution < 1.29 is 18.7 Å².